The largest absolute Gasteiger partial charge is 0.450 e. The summed E-state index contributed by atoms with van der Waals surface area (Å²) >= 11 is 1.58. The molecule has 43 heavy (non-hydrogen) atoms. The van der Waals surface area contributed by atoms with Crippen LogP contribution in [0.4, 0.5) is 4.79 Å². The highest BCUT2D eigenvalue weighted by atomic mass is 32.1. The van der Waals surface area contributed by atoms with Crippen LogP contribution in [0.5, 0.6) is 0 Å². The van der Waals surface area contributed by atoms with E-state index in [9.17, 15) is 24.3 Å². The Morgan fingerprint density at radius 2 is 1.88 bits per heavy atom. The van der Waals surface area contributed by atoms with E-state index in [0.717, 1.165) is 34.5 Å². The zero-order chi connectivity index (χ0) is 31.6. The molecule has 1 aliphatic rings. The van der Waals surface area contributed by atoms with Crippen LogP contribution in [-0.4, -0.2) is 83.2 Å². The minimum Gasteiger partial charge on any atom is -0.450 e. The molecule has 3 rings (SSSR count). The summed E-state index contributed by atoms with van der Waals surface area (Å²) in [5.74, 6) is -1.10. The third-order valence-electron chi connectivity index (χ3n) is 7.24. The molecule has 2 aromatic rings. The van der Waals surface area contributed by atoms with E-state index < -0.39 is 35.6 Å². The van der Waals surface area contributed by atoms with Gasteiger partial charge in [0.15, 0.2) is 0 Å². The fourth-order valence-electron chi connectivity index (χ4n) is 4.90. The molecule has 0 spiro atoms. The van der Waals surface area contributed by atoms with Crippen LogP contribution in [0.3, 0.4) is 0 Å². The number of aliphatic hydroxyl groups is 1. The number of aryl methyl sites for hydroxylation is 1. The number of rotatable bonds is 14. The van der Waals surface area contributed by atoms with Crippen molar-refractivity contribution in [1.29, 1.82) is 0 Å². The molecule has 6 N–H and O–H groups in total. The van der Waals surface area contributed by atoms with E-state index in [1.54, 1.807) is 11.3 Å². The summed E-state index contributed by atoms with van der Waals surface area (Å²) in [6.07, 6.45) is 0.731. The highest BCUT2D eigenvalue weighted by molar-refractivity contribution is 7.13. The van der Waals surface area contributed by atoms with Gasteiger partial charge in [0.25, 0.3) is 0 Å². The molecule has 0 bridgehead atoms. The van der Waals surface area contributed by atoms with Crippen LogP contribution < -0.4 is 21.7 Å². The number of amides is 4. The van der Waals surface area contributed by atoms with E-state index in [2.05, 4.69) is 25.7 Å². The standard InChI is InChI=1S/C30H44N6O6S/c1-19-25(43-18-34-19)21-10-8-20(9-11-21)15-33-27(39)23-14-22(37)17-36(23)28(40)26(30(2,3)4)35-24(38)16-32-12-6-5-7-13-42-29(31)41/h8-11,18,22-23,26,32,37H,5-7,12-17H2,1-4H3,(H2,31,41)(H,33,39)(H,35,38)/t22-,23+,26-/m1/s1. The van der Waals surface area contributed by atoms with Crippen molar-refractivity contribution in [1.82, 2.24) is 25.8 Å². The number of unbranched alkanes of at least 4 members (excludes halogenated alkanes) is 2. The number of carbonyl (C=O) groups excluding carboxylic acids is 4. The number of ether oxygens (including phenoxy) is 1. The summed E-state index contributed by atoms with van der Waals surface area (Å²) in [4.78, 5) is 57.0. The van der Waals surface area contributed by atoms with Crippen molar-refractivity contribution >= 4 is 35.2 Å². The molecule has 0 saturated carbocycles. The normalized spacial score (nSPS) is 17.4. The number of likely N-dealkylation sites (tertiary alicyclic amines) is 1. The number of benzene rings is 1. The van der Waals surface area contributed by atoms with Gasteiger partial charge in [-0.1, -0.05) is 45.0 Å². The second-order valence-corrected chi connectivity index (χ2v) is 12.7. The second kappa shape index (κ2) is 15.8. The first kappa shape index (κ1) is 33.9. The van der Waals surface area contributed by atoms with Crippen molar-refractivity contribution in [2.24, 2.45) is 11.1 Å². The Balaban J connectivity index is 1.53. The number of nitrogens with one attached hydrogen (secondary N) is 3. The summed E-state index contributed by atoms with van der Waals surface area (Å²) in [5.41, 5.74) is 9.03. The minimum atomic E-state index is -0.893. The lowest BCUT2D eigenvalue weighted by Gasteiger charge is -2.35. The molecule has 1 aliphatic heterocycles. The van der Waals surface area contributed by atoms with Crippen molar-refractivity contribution < 1.29 is 29.0 Å². The number of primary amides is 1. The van der Waals surface area contributed by atoms with E-state index in [1.807, 2.05) is 57.5 Å². The Morgan fingerprint density at radius 3 is 2.51 bits per heavy atom. The lowest BCUT2D eigenvalue weighted by Crippen LogP contribution is -2.58. The molecular weight excluding hydrogens is 572 g/mol. The van der Waals surface area contributed by atoms with Gasteiger partial charge in [-0.05, 0) is 49.3 Å². The fourth-order valence-corrected chi connectivity index (χ4v) is 5.71. The number of hydrogen-bond donors (Lipinski definition) is 5. The van der Waals surface area contributed by atoms with E-state index in [-0.39, 0.29) is 44.5 Å². The van der Waals surface area contributed by atoms with Crippen LogP contribution in [0, 0.1) is 12.3 Å². The summed E-state index contributed by atoms with van der Waals surface area (Å²) in [5, 5.41) is 19.2. The maximum atomic E-state index is 13.7. The number of hydrogen-bond acceptors (Lipinski definition) is 9. The summed E-state index contributed by atoms with van der Waals surface area (Å²) in [6, 6.07) is 6.13. The Bertz CT molecular complexity index is 1240. The van der Waals surface area contributed by atoms with Gasteiger partial charge in [-0.25, -0.2) is 9.78 Å². The van der Waals surface area contributed by atoms with Crippen LogP contribution in [0.15, 0.2) is 29.8 Å². The molecule has 2 heterocycles. The van der Waals surface area contributed by atoms with Gasteiger partial charge >= 0.3 is 6.09 Å². The summed E-state index contributed by atoms with van der Waals surface area (Å²) < 4.78 is 4.68. The molecule has 1 aromatic carbocycles. The quantitative estimate of drug-likeness (QED) is 0.200. The lowest BCUT2D eigenvalue weighted by atomic mass is 9.85. The minimum absolute atomic E-state index is 0.0139. The molecule has 236 valence electrons. The highest BCUT2D eigenvalue weighted by Crippen LogP contribution is 2.28. The molecule has 13 heteroatoms. The van der Waals surface area contributed by atoms with Gasteiger partial charge in [0.1, 0.15) is 12.1 Å². The number of nitrogens with zero attached hydrogens (tertiary/aromatic N) is 2. The number of β-amino-alcohol motifs (C(OH)–C–C–N with tert-alkyl or cyclic N) is 1. The van der Waals surface area contributed by atoms with E-state index in [1.165, 1.54) is 4.90 Å². The third kappa shape index (κ3) is 10.3. The Morgan fingerprint density at radius 1 is 1.16 bits per heavy atom. The maximum Gasteiger partial charge on any atom is 0.404 e. The monoisotopic (exact) mass is 616 g/mol. The van der Waals surface area contributed by atoms with Crippen molar-refractivity contribution in [3.8, 4) is 10.4 Å². The first-order valence-electron chi connectivity index (χ1n) is 14.5. The van der Waals surface area contributed by atoms with E-state index in [0.29, 0.717) is 13.0 Å². The molecular formula is C30H44N6O6S. The maximum absolute atomic E-state index is 13.7. The van der Waals surface area contributed by atoms with Gasteiger partial charge in [0.05, 0.1) is 35.3 Å². The molecule has 1 saturated heterocycles. The zero-order valence-electron chi connectivity index (χ0n) is 25.4. The predicted octanol–water partition coefficient (Wildman–Crippen LogP) is 2.08. The number of aliphatic hydroxyl groups excluding tert-OH is 1. The van der Waals surface area contributed by atoms with Crippen LogP contribution in [0.2, 0.25) is 0 Å². The average Bonchev–Trinajstić information content (AvgIpc) is 3.56. The van der Waals surface area contributed by atoms with Crippen LogP contribution in [0.1, 0.15) is 57.7 Å². The van der Waals surface area contributed by atoms with Crippen LogP contribution >= 0.6 is 11.3 Å². The number of carbonyl (C=O) groups is 4. The Labute approximate surface area is 256 Å². The smallest absolute Gasteiger partial charge is 0.404 e. The zero-order valence-corrected chi connectivity index (χ0v) is 26.2. The average molecular weight is 617 g/mol. The molecule has 1 aromatic heterocycles. The second-order valence-electron chi connectivity index (χ2n) is 11.8. The molecule has 4 amide bonds. The summed E-state index contributed by atoms with van der Waals surface area (Å²) in [6.45, 7) is 8.64. The lowest BCUT2D eigenvalue weighted by molar-refractivity contribution is -0.144. The molecule has 0 radical (unpaired) electrons. The van der Waals surface area contributed by atoms with Gasteiger partial charge in [0, 0.05) is 19.5 Å². The fraction of sp³-hybridized carbons (Fsp3) is 0.567. The van der Waals surface area contributed by atoms with Crippen molar-refractivity contribution in [2.45, 2.75) is 78.1 Å². The number of aromatic nitrogens is 1. The third-order valence-corrected chi connectivity index (χ3v) is 8.22. The topological polar surface area (TPSA) is 176 Å². The van der Waals surface area contributed by atoms with Crippen molar-refractivity contribution in [3.05, 3.63) is 41.0 Å². The predicted molar refractivity (Wildman–Crippen MR) is 164 cm³/mol. The number of nitrogens with two attached hydrogens (primary N) is 1. The SMILES string of the molecule is Cc1ncsc1-c1ccc(CNC(=O)[C@@H]2C[C@@H](O)CN2C(=O)[C@@H](NC(=O)CNCCCCCOC(N)=O)C(C)(C)C)cc1. The molecule has 1 fully saturated rings. The molecule has 3 atom stereocenters. The van der Waals surface area contributed by atoms with Gasteiger partial charge in [-0.15, -0.1) is 11.3 Å². The van der Waals surface area contributed by atoms with Crippen molar-refractivity contribution in [3.63, 3.8) is 0 Å². The van der Waals surface area contributed by atoms with E-state index >= 15 is 0 Å². The molecule has 12 nitrogen and oxygen atoms in total. The molecule has 0 aliphatic carbocycles. The van der Waals surface area contributed by atoms with Crippen LogP contribution in [-0.2, 0) is 25.7 Å². The Hall–Kier alpha value is -3.55. The highest BCUT2D eigenvalue weighted by Gasteiger charge is 2.44. The van der Waals surface area contributed by atoms with Gasteiger partial charge in [-0.2, -0.15) is 0 Å². The van der Waals surface area contributed by atoms with Gasteiger partial charge < -0.3 is 36.4 Å². The van der Waals surface area contributed by atoms with E-state index in [4.69, 9.17) is 5.73 Å². The van der Waals surface area contributed by atoms with Gasteiger partial charge in [-0.3, -0.25) is 14.4 Å². The number of thiazole rings is 1. The molecule has 0 unspecified atom stereocenters. The first-order valence-corrected chi connectivity index (χ1v) is 15.4. The summed E-state index contributed by atoms with van der Waals surface area (Å²) in [7, 11) is 0. The van der Waals surface area contributed by atoms with Crippen molar-refractivity contribution in [2.75, 3.05) is 26.2 Å². The Kier molecular flexibility index (Phi) is 12.5. The van der Waals surface area contributed by atoms with Crippen LogP contribution in [0.25, 0.3) is 10.4 Å². The first-order chi connectivity index (χ1) is 20.4. The van der Waals surface area contributed by atoms with Gasteiger partial charge in [0.2, 0.25) is 17.7 Å².